The maximum atomic E-state index is 13.7. The van der Waals surface area contributed by atoms with Gasteiger partial charge in [0.2, 0.25) is 0 Å². The second kappa shape index (κ2) is 3.26. The fourth-order valence-corrected chi connectivity index (χ4v) is 4.69. The first-order valence-corrected chi connectivity index (χ1v) is 7.21. The third-order valence-electron chi connectivity index (χ3n) is 5.86. The minimum Gasteiger partial charge on any atom is -0.296 e. The molecule has 0 aromatic carbocycles. The Morgan fingerprint density at radius 1 is 1.35 bits per heavy atom. The summed E-state index contributed by atoms with van der Waals surface area (Å²) in [6.07, 6.45) is 3.97. The van der Waals surface area contributed by atoms with Crippen LogP contribution in [0.5, 0.6) is 0 Å². The van der Waals surface area contributed by atoms with Gasteiger partial charge in [0.05, 0.1) is 0 Å². The van der Waals surface area contributed by atoms with Gasteiger partial charge < -0.3 is 0 Å². The molecule has 2 heterocycles. The average molecular weight is 239 g/mol. The molecule has 3 rings (SSSR count). The van der Waals surface area contributed by atoms with Crippen LogP contribution in [0.25, 0.3) is 0 Å². The topological polar surface area (TPSA) is 3.24 Å². The highest BCUT2D eigenvalue weighted by Crippen LogP contribution is 2.67. The fraction of sp³-hybridized carbons (Fsp3) is 1.00. The van der Waals surface area contributed by atoms with Gasteiger partial charge in [0.15, 0.2) is 0 Å². The van der Waals surface area contributed by atoms with Crippen LogP contribution in [0.1, 0.15) is 53.4 Å². The van der Waals surface area contributed by atoms with Crippen LogP contribution in [0, 0.1) is 16.7 Å². The summed E-state index contributed by atoms with van der Waals surface area (Å²) in [5, 5.41) is 0. The lowest BCUT2D eigenvalue weighted by atomic mass is 9.66. The Kier molecular flexibility index (Phi) is 2.29. The van der Waals surface area contributed by atoms with Gasteiger partial charge in [-0.1, -0.05) is 27.7 Å². The molecule has 2 aliphatic heterocycles. The Bertz CT molecular complexity index is 338. The molecule has 0 N–H and O–H groups in total. The first kappa shape index (κ1) is 12.0. The monoisotopic (exact) mass is 239 g/mol. The van der Waals surface area contributed by atoms with Gasteiger partial charge in [0, 0.05) is 17.5 Å². The summed E-state index contributed by atoms with van der Waals surface area (Å²) in [4.78, 5) is 2.65. The summed E-state index contributed by atoms with van der Waals surface area (Å²) in [5.41, 5.74) is 0.720. The van der Waals surface area contributed by atoms with Crippen molar-refractivity contribution in [1.82, 2.24) is 4.90 Å². The van der Waals surface area contributed by atoms with Crippen molar-refractivity contribution in [3.63, 3.8) is 0 Å². The Labute approximate surface area is 105 Å². The normalized spacial score (nSPS) is 48.0. The maximum absolute atomic E-state index is 13.7. The van der Waals surface area contributed by atoms with Crippen LogP contribution >= 0.6 is 0 Å². The maximum Gasteiger partial charge on any atom is 0.108 e. The Morgan fingerprint density at radius 2 is 2.00 bits per heavy atom. The van der Waals surface area contributed by atoms with Gasteiger partial charge in [-0.3, -0.25) is 4.90 Å². The Hall–Kier alpha value is -0.110. The number of fused-ring (bicyclic) bond motifs is 1. The second-order valence-electron chi connectivity index (χ2n) is 7.90. The molecule has 1 nitrogen and oxygen atoms in total. The van der Waals surface area contributed by atoms with E-state index in [1.165, 1.54) is 19.4 Å². The van der Waals surface area contributed by atoms with E-state index in [0.29, 0.717) is 16.9 Å². The molecule has 2 saturated heterocycles. The average Bonchev–Trinajstić information content (AvgIpc) is 2.57. The SMILES string of the molecule is CC(C)C[C@]12C[C@@]3(C[C@H]3F)CN1CCC2(C)C. The predicted octanol–water partition coefficient (Wildman–Crippen LogP) is 3.64. The molecule has 1 spiro atoms. The van der Waals surface area contributed by atoms with Crippen molar-refractivity contribution in [3.8, 4) is 0 Å². The number of hydrogen-bond donors (Lipinski definition) is 0. The third-order valence-corrected chi connectivity index (χ3v) is 5.86. The molecule has 3 atom stereocenters. The van der Waals surface area contributed by atoms with Crippen molar-refractivity contribution in [2.24, 2.45) is 16.7 Å². The smallest absolute Gasteiger partial charge is 0.108 e. The van der Waals surface area contributed by atoms with Crippen molar-refractivity contribution in [2.45, 2.75) is 65.1 Å². The number of nitrogens with zero attached hydrogens (tertiary/aromatic N) is 1. The van der Waals surface area contributed by atoms with E-state index in [1.807, 2.05) is 0 Å². The van der Waals surface area contributed by atoms with Crippen LogP contribution in [0.4, 0.5) is 4.39 Å². The van der Waals surface area contributed by atoms with E-state index >= 15 is 0 Å². The van der Waals surface area contributed by atoms with E-state index in [2.05, 4.69) is 32.6 Å². The molecule has 0 aromatic rings. The van der Waals surface area contributed by atoms with E-state index in [9.17, 15) is 4.39 Å². The van der Waals surface area contributed by atoms with Gasteiger partial charge in [0.1, 0.15) is 6.17 Å². The quantitative estimate of drug-likeness (QED) is 0.711. The van der Waals surface area contributed by atoms with Crippen LogP contribution in [0.15, 0.2) is 0 Å². The number of hydrogen-bond acceptors (Lipinski definition) is 1. The van der Waals surface area contributed by atoms with Crippen LogP contribution in [0.2, 0.25) is 0 Å². The van der Waals surface area contributed by atoms with Crippen molar-refractivity contribution >= 4 is 0 Å². The minimum atomic E-state index is -0.507. The van der Waals surface area contributed by atoms with E-state index in [4.69, 9.17) is 0 Å². The van der Waals surface area contributed by atoms with E-state index in [1.54, 1.807) is 0 Å². The molecule has 0 radical (unpaired) electrons. The molecule has 2 heteroatoms. The zero-order chi connectivity index (χ0) is 12.5. The summed E-state index contributed by atoms with van der Waals surface area (Å²) in [5.74, 6) is 0.710. The van der Waals surface area contributed by atoms with E-state index in [0.717, 1.165) is 19.4 Å². The van der Waals surface area contributed by atoms with Gasteiger partial charge in [-0.05, 0) is 43.6 Å². The molecule has 98 valence electrons. The van der Waals surface area contributed by atoms with Gasteiger partial charge in [-0.25, -0.2) is 4.39 Å². The van der Waals surface area contributed by atoms with Gasteiger partial charge in [-0.15, -0.1) is 0 Å². The van der Waals surface area contributed by atoms with Gasteiger partial charge in [0.25, 0.3) is 0 Å². The molecule has 0 bridgehead atoms. The number of halogens is 1. The molecular weight excluding hydrogens is 213 g/mol. The van der Waals surface area contributed by atoms with Crippen LogP contribution in [-0.2, 0) is 0 Å². The van der Waals surface area contributed by atoms with Gasteiger partial charge in [-0.2, -0.15) is 0 Å². The van der Waals surface area contributed by atoms with E-state index < -0.39 is 6.17 Å². The summed E-state index contributed by atoms with van der Waals surface area (Å²) < 4.78 is 13.7. The largest absolute Gasteiger partial charge is 0.296 e. The lowest BCUT2D eigenvalue weighted by Gasteiger charge is -2.44. The van der Waals surface area contributed by atoms with Crippen molar-refractivity contribution in [1.29, 1.82) is 0 Å². The van der Waals surface area contributed by atoms with Crippen LogP contribution < -0.4 is 0 Å². The lowest BCUT2D eigenvalue weighted by Crippen LogP contribution is -2.48. The fourth-order valence-electron chi connectivity index (χ4n) is 4.69. The molecule has 1 saturated carbocycles. The molecule has 0 aromatic heterocycles. The standard InChI is InChI=1S/C15H26FN/c1-11(2)7-15-9-14(8-12(14)16)10-17(15)6-5-13(15,3)4/h11-12H,5-10H2,1-4H3/t12-,14+,15-/m1/s1. The van der Waals surface area contributed by atoms with Crippen LogP contribution in [-0.4, -0.2) is 29.7 Å². The predicted molar refractivity (Wildman–Crippen MR) is 68.7 cm³/mol. The second-order valence-corrected chi connectivity index (χ2v) is 7.90. The Morgan fingerprint density at radius 3 is 2.53 bits per heavy atom. The van der Waals surface area contributed by atoms with Crippen molar-refractivity contribution < 1.29 is 4.39 Å². The minimum absolute atomic E-state index is 0.0621. The van der Waals surface area contributed by atoms with Crippen molar-refractivity contribution in [2.75, 3.05) is 13.1 Å². The molecule has 0 amide bonds. The molecule has 3 fully saturated rings. The highest BCUT2D eigenvalue weighted by atomic mass is 19.1. The zero-order valence-corrected chi connectivity index (χ0v) is 11.7. The summed E-state index contributed by atoms with van der Waals surface area (Å²) in [7, 11) is 0. The van der Waals surface area contributed by atoms with Crippen LogP contribution in [0.3, 0.4) is 0 Å². The molecule has 1 aliphatic carbocycles. The first-order chi connectivity index (χ1) is 7.81. The highest BCUT2D eigenvalue weighted by molar-refractivity contribution is 5.22. The number of rotatable bonds is 2. The summed E-state index contributed by atoms with van der Waals surface area (Å²) in [6, 6.07) is 0. The molecule has 0 unspecified atom stereocenters. The Balaban J connectivity index is 1.93. The lowest BCUT2D eigenvalue weighted by molar-refractivity contribution is 0.0691. The zero-order valence-electron chi connectivity index (χ0n) is 11.7. The molecule has 3 aliphatic rings. The molecular formula is C15H26FN. The summed E-state index contributed by atoms with van der Waals surface area (Å²) in [6.45, 7) is 11.7. The van der Waals surface area contributed by atoms with E-state index in [-0.39, 0.29) is 5.41 Å². The highest BCUT2D eigenvalue weighted by Gasteiger charge is 2.70. The van der Waals surface area contributed by atoms with Gasteiger partial charge >= 0.3 is 0 Å². The third kappa shape index (κ3) is 1.46. The first-order valence-electron chi connectivity index (χ1n) is 7.21. The summed E-state index contributed by atoms with van der Waals surface area (Å²) >= 11 is 0. The number of alkyl halides is 1. The molecule has 17 heavy (non-hydrogen) atoms. The van der Waals surface area contributed by atoms with Crippen molar-refractivity contribution in [3.05, 3.63) is 0 Å².